The molecule has 6 heteroatoms. The predicted molar refractivity (Wildman–Crippen MR) is 61.2 cm³/mol. The van der Waals surface area contributed by atoms with Gasteiger partial charge in [0.25, 0.3) is 5.91 Å². The maximum atomic E-state index is 11.5. The van der Waals surface area contributed by atoms with Crippen LogP contribution in [0.3, 0.4) is 0 Å². The highest BCUT2D eigenvalue weighted by molar-refractivity contribution is 5.81. The number of amides is 1. The van der Waals surface area contributed by atoms with E-state index in [9.17, 15) is 9.59 Å². The first kappa shape index (κ1) is 11.3. The van der Waals surface area contributed by atoms with E-state index in [1.54, 1.807) is 24.3 Å². The van der Waals surface area contributed by atoms with Crippen LogP contribution in [0.2, 0.25) is 0 Å². The van der Waals surface area contributed by atoms with Crippen LogP contribution in [-0.4, -0.2) is 22.8 Å². The van der Waals surface area contributed by atoms with E-state index in [0.717, 1.165) is 0 Å². The minimum absolute atomic E-state index is 0.00532. The van der Waals surface area contributed by atoms with Gasteiger partial charge >= 0.3 is 0 Å². The lowest BCUT2D eigenvalue weighted by Crippen LogP contribution is -2.28. The summed E-state index contributed by atoms with van der Waals surface area (Å²) >= 11 is 0. The van der Waals surface area contributed by atoms with Crippen LogP contribution in [-0.2, 0) is 16.2 Å². The zero-order valence-electron chi connectivity index (χ0n) is 9.21. The van der Waals surface area contributed by atoms with Crippen LogP contribution in [0.4, 0.5) is 0 Å². The minimum atomic E-state index is -0.339. The van der Waals surface area contributed by atoms with Crippen molar-refractivity contribution in [2.45, 2.75) is 6.54 Å². The van der Waals surface area contributed by atoms with Crippen molar-refractivity contribution in [1.29, 1.82) is 0 Å². The lowest BCUT2D eigenvalue weighted by molar-refractivity contribution is -0.132. The maximum Gasteiger partial charge on any atom is 0.265 e. The summed E-state index contributed by atoms with van der Waals surface area (Å²) in [7, 11) is 1.36. The lowest BCUT2D eigenvalue weighted by Gasteiger charge is -2.08. The van der Waals surface area contributed by atoms with Crippen molar-refractivity contribution in [3.63, 3.8) is 0 Å². The second kappa shape index (κ2) is 4.75. The number of rotatable bonds is 3. The number of nitrogens with one attached hydrogen (secondary N) is 1. The quantitative estimate of drug-likeness (QED) is 0.761. The summed E-state index contributed by atoms with van der Waals surface area (Å²) in [6.07, 6.45) is 1.20. The molecule has 0 radical (unpaired) electrons. The summed E-state index contributed by atoms with van der Waals surface area (Å²) in [6, 6.07) is 6.99. The average molecular weight is 233 g/mol. The van der Waals surface area contributed by atoms with Crippen molar-refractivity contribution < 1.29 is 9.63 Å². The number of carbonyl (C=O) groups is 1. The average Bonchev–Trinajstić information content (AvgIpc) is 2.34. The molecule has 17 heavy (non-hydrogen) atoms. The van der Waals surface area contributed by atoms with Crippen molar-refractivity contribution in [3.05, 3.63) is 40.7 Å². The number of hydrogen-bond acceptors (Lipinski definition) is 4. The first-order valence-corrected chi connectivity index (χ1v) is 4.99. The third-order valence-corrected chi connectivity index (χ3v) is 2.27. The van der Waals surface area contributed by atoms with Crippen molar-refractivity contribution in [3.8, 4) is 0 Å². The number of hydroxylamine groups is 1. The van der Waals surface area contributed by atoms with Gasteiger partial charge in [-0.2, -0.15) is 5.10 Å². The van der Waals surface area contributed by atoms with Gasteiger partial charge in [-0.25, -0.2) is 5.48 Å². The Kier molecular flexibility index (Phi) is 3.15. The summed E-state index contributed by atoms with van der Waals surface area (Å²) in [4.78, 5) is 27.4. The van der Waals surface area contributed by atoms with Gasteiger partial charge in [-0.05, 0) is 12.1 Å². The van der Waals surface area contributed by atoms with E-state index in [1.807, 2.05) is 0 Å². The second-order valence-corrected chi connectivity index (χ2v) is 3.41. The van der Waals surface area contributed by atoms with Crippen LogP contribution in [0, 0.1) is 0 Å². The molecule has 88 valence electrons. The molecule has 1 heterocycles. The lowest BCUT2D eigenvalue weighted by atomic mass is 10.2. The Labute approximate surface area is 96.8 Å². The fourth-order valence-corrected chi connectivity index (χ4v) is 1.57. The summed E-state index contributed by atoms with van der Waals surface area (Å²) in [5.74, 6) is -0.339. The molecule has 0 aliphatic heterocycles. The van der Waals surface area contributed by atoms with Gasteiger partial charge in [0.05, 0.1) is 18.8 Å². The number of carbonyl (C=O) groups excluding carboxylic acids is 1. The minimum Gasteiger partial charge on any atom is -0.287 e. The molecule has 0 atom stereocenters. The molecule has 1 N–H and O–H groups in total. The molecular weight excluding hydrogens is 222 g/mol. The van der Waals surface area contributed by atoms with Crippen LogP contribution in [0.5, 0.6) is 0 Å². The highest BCUT2D eigenvalue weighted by Gasteiger charge is 2.07. The molecule has 0 fully saturated rings. The zero-order valence-corrected chi connectivity index (χ0v) is 9.21. The zero-order chi connectivity index (χ0) is 12.3. The van der Waals surface area contributed by atoms with E-state index in [0.29, 0.717) is 10.9 Å². The molecule has 2 rings (SSSR count). The molecule has 1 aromatic heterocycles. The van der Waals surface area contributed by atoms with Gasteiger partial charge in [0.1, 0.15) is 6.54 Å². The fraction of sp³-hybridized carbons (Fsp3) is 0.182. The molecule has 0 unspecified atom stereocenters. The second-order valence-electron chi connectivity index (χ2n) is 3.41. The van der Waals surface area contributed by atoms with Crippen LogP contribution < -0.4 is 10.9 Å². The van der Waals surface area contributed by atoms with Gasteiger partial charge < -0.3 is 0 Å². The van der Waals surface area contributed by atoms with Crippen LogP contribution in [0.1, 0.15) is 0 Å². The van der Waals surface area contributed by atoms with Crippen LogP contribution in [0.15, 0.2) is 35.3 Å². The Hall–Kier alpha value is -2.21. The number of nitrogens with zero attached hydrogens (tertiary/aromatic N) is 2. The normalized spacial score (nSPS) is 10.4. The van der Waals surface area contributed by atoms with Crippen LogP contribution in [0.25, 0.3) is 10.9 Å². The third-order valence-electron chi connectivity index (χ3n) is 2.27. The molecule has 0 spiro atoms. The van der Waals surface area contributed by atoms with E-state index in [4.69, 9.17) is 0 Å². The highest BCUT2D eigenvalue weighted by atomic mass is 16.6. The van der Waals surface area contributed by atoms with E-state index in [-0.39, 0.29) is 17.9 Å². The van der Waals surface area contributed by atoms with Gasteiger partial charge in [-0.15, -0.1) is 0 Å². The Morgan fingerprint density at radius 2 is 2.24 bits per heavy atom. The molecule has 0 aliphatic rings. The van der Waals surface area contributed by atoms with E-state index < -0.39 is 0 Å². The summed E-state index contributed by atoms with van der Waals surface area (Å²) < 4.78 is 1.45. The summed E-state index contributed by atoms with van der Waals surface area (Å²) in [5, 5.41) is 4.45. The topological polar surface area (TPSA) is 73.2 Å². The number of fused-ring (bicyclic) bond motifs is 1. The van der Waals surface area contributed by atoms with Gasteiger partial charge in [-0.1, -0.05) is 12.1 Å². The van der Waals surface area contributed by atoms with Gasteiger partial charge in [0, 0.05) is 5.39 Å². The van der Waals surface area contributed by atoms with Crippen molar-refractivity contribution >= 4 is 16.8 Å². The molecule has 0 saturated heterocycles. The van der Waals surface area contributed by atoms with Crippen molar-refractivity contribution in [2.75, 3.05) is 7.11 Å². The molecule has 0 saturated carbocycles. The number of hydrogen-bond donors (Lipinski definition) is 1. The molecule has 2 aromatic rings. The van der Waals surface area contributed by atoms with E-state index in [2.05, 4.69) is 15.4 Å². The Morgan fingerprint density at radius 1 is 1.47 bits per heavy atom. The van der Waals surface area contributed by atoms with Gasteiger partial charge in [-0.3, -0.25) is 19.1 Å². The number of benzene rings is 1. The molecule has 0 bridgehead atoms. The van der Waals surface area contributed by atoms with E-state index in [1.165, 1.54) is 18.0 Å². The largest absolute Gasteiger partial charge is 0.287 e. The third kappa shape index (κ3) is 2.31. The smallest absolute Gasteiger partial charge is 0.265 e. The SMILES string of the molecule is CONC(=O)Cn1ncc(=O)c2ccccc21. The standard InChI is InChI=1S/C11H11N3O3/c1-17-13-11(16)7-14-9-5-3-2-4-8(9)10(15)6-12-14/h2-6H,7H2,1H3,(H,13,16). The Morgan fingerprint density at radius 3 is 3.00 bits per heavy atom. The van der Waals surface area contributed by atoms with Crippen molar-refractivity contribution in [2.24, 2.45) is 0 Å². The molecule has 1 aromatic carbocycles. The Balaban J connectivity index is 2.45. The molecule has 1 amide bonds. The highest BCUT2D eigenvalue weighted by Crippen LogP contribution is 2.07. The number of para-hydroxylation sites is 1. The number of aromatic nitrogens is 2. The van der Waals surface area contributed by atoms with Crippen LogP contribution >= 0.6 is 0 Å². The van der Waals surface area contributed by atoms with E-state index >= 15 is 0 Å². The molecule has 0 aliphatic carbocycles. The Bertz CT molecular complexity index is 606. The van der Waals surface area contributed by atoms with Crippen molar-refractivity contribution in [1.82, 2.24) is 15.3 Å². The maximum absolute atomic E-state index is 11.5. The first-order valence-electron chi connectivity index (χ1n) is 4.99. The molecular formula is C11H11N3O3. The molecule has 6 nitrogen and oxygen atoms in total. The monoisotopic (exact) mass is 233 g/mol. The first-order chi connectivity index (χ1) is 8.22. The fourth-order valence-electron chi connectivity index (χ4n) is 1.57. The summed E-state index contributed by atoms with van der Waals surface area (Å²) in [6.45, 7) is -0.00532. The van der Waals surface area contributed by atoms with Gasteiger partial charge in [0.15, 0.2) is 0 Å². The predicted octanol–water partition coefficient (Wildman–Crippen LogP) is 0.0741. The summed E-state index contributed by atoms with van der Waals surface area (Å²) in [5.41, 5.74) is 2.65. The van der Waals surface area contributed by atoms with Gasteiger partial charge in [0.2, 0.25) is 5.43 Å².